The average molecular weight is 441 g/mol. The Kier molecular flexibility index (Phi) is 6.08. The van der Waals surface area contributed by atoms with Gasteiger partial charge in [0.15, 0.2) is 5.69 Å². The van der Waals surface area contributed by atoms with Gasteiger partial charge in [0.1, 0.15) is 11.9 Å². The lowest BCUT2D eigenvalue weighted by atomic mass is 10.1. The molecule has 1 aliphatic rings. The molecule has 166 valence electrons. The standard InChI is InChI=1S/C21H20FN5O5/c22-12-5-6-16(23-11-12)32-13-7-9-27(10-8-13)21(31)20(30)26-19(29)17-18(28)25-15-4-2-1-3-14(15)24-17/h1-6,11,13,20,30H,7-10H2,(H,25,28)(H,26,29)/t20-/m0/s1. The van der Waals surface area contributed by atoms with Crippen LogP contribution in [-0.2, 0) is 4.79 Å². The van der Waals surface area contributed by atoms with Gasteiger partial charge in [0.05, 0.1) is 17.2 Å². The Balaban J connectivity index is 1.33. The maximum absolute atomic E-state index is 12.9. The summed E-state index contributed by atoms with van der Waals surface area (Å²) in [6.07, 6.45) is -0.0486. The van der Waals surface area contributed by atoms with Crippen LogP contribution in [0.5, 0.6) is 5.88 Å². The van der Waals surface area contributed by atoms with E-state index in [4.69, 9.17) is 4.74 Å². The Morgan fingerprint density at radius 1 is 1.22 bits per heavy atom. The number of amides is 2. The molecule has 2 aromatic heterocycles. The van der Waals surface area contributed by atoms with Gasteiger partial charge in [0, 0.05) is 32.0 Å². The number of benzene rings is 1. The summed E-state index contributed by atoms with van der Waals surface area (Å²) in [6.45, 7) is 0.568. The van der Waals surface area contributed by atoms with E-state index in [0.717, 1.165) is 6.20 Å². The minimum atomic E-state index is -1.83. The molecule has 0 radical (unpaired) electrons. The second-order valence-corrected chi connectivity index (χ2v) is 7.26. The lowest BCUT2D eigenvalue weighted by Crippen LogP contribution is -2.52. The molecule has 1 saturated heterocycles. The first kappa shape index (κ1) is 21.4. The minimum absolute atomic E-state index is 0.218. The number of halogens is 1. The van der Waals surface area contributed by atoms with E-state index >= 15 is 0 Å². The van der Waals surface area contributed by atoms with Crippen LogP contribution in [0, 0.1) is 5.82 Å². The molecule has 2 amide bonds. The van der Waals surface area contributed by atoms with Crippen molar-refractivity contribution in [2.24, 2.45) is 0 Å². The number of H-pyrrole nitrogens is 1. The number of aliphatic hydroxyl groups is 1. The molecule has 0 aliphatic carbocycles. The first-order valence-electron chi connectivity index (χ1n) is 9.96. The number of rotatable bonds is 5. The molecule has 1 aliphatic heterocycles. The predicted molar refractivity (Wildman–Crippen MR) is 110 cm³/mol. The van der Waals surface area contributed by atoms with Crippen molar-refractivity contribution in [1.29, 1.82) is 0 Å². The van der Waals surface area contributed by atoms with Crippen LogP contribution in [0.15, 0.2) is 47.4 Å². The summed E-state index contributed by atoms with van der Waals surface area (Å²) < 4.78 is 18.6. The molecule has 1 atom stereocenters. The van der Waals surface area contributed by atoms with Crippen LogP contribution in [0.4, 0.5) is 4.39 Å². The van der Waals surface area contributed by atoms with Crippen molar-refractivity contribution in [1.82, 2.24) is 25.2 Å². The first-order chi connectivity index (χ1) is 15.4. The van der Waals surface area contributed by atoms with Crippen molar-refractivity contribution in [2.45, 2.75) is 25.2 Å². The lowest BCUT2D eigenvalue weighted by Gasteiger charge is -2.33. The molecule has 4 rings (SSSR count). The van der Waals surface area contributed by atoms with E-state index in [-0.39, 0.29) is 25.1 Å². The van der Waals surface area contributed by atoms with Gasteiger partial charge in [-0.05, 0) is 18.2 Å². The Morgan fingerprint density at radius 3 is 2.69 bits per heavy atom. The van der Waals surface area contributed by atoms with E-state index in [2.05, 4.69) is 20.3 Å². The number of para-hydroxylation sites is 2. The molecule has 32 heavy (non-hydrogen) atoms. The van der Waals surface area contributed by atoms with Gasteiger partial charge in [-0.3, -0.25) is 14.4 Å². The zero-order valence-electron chi connectivity index (χ0n) is 16.8. The normalized spacial score (nSPS) is 15.4. The van der Waals surface area contributed by atoms with E-state index in [1.807, 2.05) is 0 Å². The van der Waals surface area contributed by atoms with Crippen LogP contribution in [0.25, 0.3) is 11.0 Å². The second kappa shape index (κ2) is 9.10. The predicted octanol–water partition coefficient (Wildman–Crippen LogP) is 0.575. The molecule has 0 unspecified atom stereocenters. The highest BCUT2D eigenvalue weighted by atomic mass is 19.1. The van der Waals surface area contributed by atoms with Crippen LogP contribution in [0.3, 0.4) is 0 Å². The number of carbonyl (C=O) groups is 2. The van der Waals surface area contributed by atoms with E-state index < -0.39 is 35.1 Å². The molecular weight excluding hydrogens is 421 g/mol. The molecule has 3 aromatic rings. The van der Waals surface area contributed by atoms with Crippen LogP contribution < -0.4 is 15.6 Å². The first-order valence-corrected chi connectivity index (χ1v) is 9.96. The van der Waals surface area contributed by atoms with Gasteiger partial charge in [-0.15, -0.1) is 0 Å². The largest absolute Gasteiger partial charge is 0.474 e. The molecule has 10 nitrogen and oxygen atoms in total. The van der Waals surface area contributed by atoms with E-state index in [0.29, 0.717) is 23.9 Å². The smallest absolute Gasteiger partial charge is 0.280 e. The van der Waals surface area contributed by atoms with Gasteiger partial charge < -0.3 is 25.0 Å². The molecule has 0 bridgehead atoms. The molecule has 1 fully saturated rings. The maximum atomic E-state index is 12.9. The van der Waals surface area contributed by atoms with E-state index in [1.54, 1.807) is 24.3 Å². The van der Waals surface area contributed by atoms with Crippen molar-refractivity contribution in [3.05, 3.63) is 64.5 Å². The van der Waals surface area contributed by atoms with Gasteiger partial charge in [-0.2, -0.15) is 0 Å². The summed E-state index contributed by atoms with van der Waals surface area (Å²) >= 11 is 0. The van der Waals surface area contributed by atoms with Crippen LogP contribution in [-0.4, -0.2) is 62.2 Å². The van der Waals surface area contributed by atoms with Crippen LogP contribution in [0.1, 0.15) is 23.3 Å². The maximum Gasteiger partial charge on any atom is 0.280 e. The number of hydrogen-bond acceptors (Lipinski definition) is 7. The van der Waals surface area contributed by atoms with Crippen molar-refractivity contribution >= 4 is 22.8 Å². The molecule has 3 N–H and O–H groups in total. The number of pyridine rings is 1. The van der Waals surface area contributed by atoms with Crippen molar-refractivity contribution in [2.75, 3.05) is 13.1 Å². The number of aliphatic hydroxyl groups excluding tert-OH is 1. The number of piperidine rings is 1. The number of ether oxygens (including phenoxy) is 1. The number of likely N-dealkylation sites (tertiary alicyclic amines) is 1. The summed E-state index contributed by atoms with van der Waals surface area (Å²) in [5.74, 6) is -1.83. The molecular formula is C21H20FN5O5. The highest BCUT2D eigenvalue weighted by Gasteiger charge is 2.30. The zero-order chi connectivity index (χ0) is 22.7. The molecule has 3 heterocycles. The Bertz CT molecular complexity index is 1190. The number of nitrogens with zero attached hydrogens (tertiary/aromatic N) is 3. The number of aromatic nitrogens is 3. The van der Waals surface area contributed by atoms with Crippen LogP contribution >= 0.6 is 0 Å². The van der Waals surface area contributed by atoms with E-state index in [1.165, 1.54) is 17.0 Å². The third-order valence-electron chi connectivity index (χ3n) is 5.06. The average Bonchev–Trinajstić information content (AvgIpc) is 2.80. The third kappa shape index (κ3) is 4.72. The van der Waals surface area contributed by atoms with Gasteiger partial charge in [0.2, 0.25) is 12.1 Å². The minimum Gasteiger partial charge on any atom is -0.474 e. The third-order valence-corrected chi connectivity index (χ3v) is 5.06. The van der Waals surface area contributed by atoms with Gasteiger partial charge in [0.25, 0.3) is 17.4 Å². The van der Waals surface area contributed by atoms with Gasteiger partial charge in [-0.25, -0.2) is 14.4 Å². The molecule has 11 heteroatoms. The number of nitrogens with one attached hydrogen (secondary N) is 2. The monoisotopic (exact) mass is 441 g/mol. The Morgan fingerprint density at radius 2 is 1.97 bits per heavy atom. The van der Waals surface area contributed by atoms with Gasteiger partial charge in [-0.1, -0.05) is 12.1 Å². The highest BCUT2D eigenvalue weighted by Crippen LogP contribution is 2.18. The van der Waals surface area contributed by atoms with Crippen molar-refractivity contribution in [3.63, 3.8) is 0 Å². The summed E-state index contributed by atoms with van der Waals surface area (Å²) in [5, 5.41) is 12.3. The molecule has 1 aromatic carbocycles. The summed E-state index contributed by atoms with van der Waals surface area (Å²) in [5.41, 5.74) is -0.315. The quantitative estimate of drug-likeness (QED) is 0.493. The van der Waals surface area contributed by atoms with Crippen molar-refractivity contribution < 1.29 is 23.8 Å². The van der Waals surface area contributed by atoms with E-state index in [9.17, 15) is 23.9 Å². The number of carbonyl (C=O) groups excluding carboxylic acids is 2. The Hall–Kier alpha value is -3.86. The summed E-state index contributed by atoms with van der Waals surface area (Å²) in [6, 6.07) is 9.35. The summed E-state index contributed by atoms with van der Waals surface area (Å²) in [4.78, 5) is 48.9. The number of fused-ring (bicyclic) bond motifs is 1. The number of hydrogen-bond donors (Lipinski definition) is 3. The van der Waals surface area contributed by atoms with Gasteiger partial charge >= 0.3 is 0 Å². The fourth-order valence-corrected chi connectivity index (χ4v) is 3.41. The SMILES string of the molecule is O=C(N[C@@H](O)C(=O)N1CCC(Oc2ccc(F)cn2)CC1)c1nc2ccccc2[nH]c1=O. The lowest BCUT2D eigenvalue weighted by molar-refractivity contribution is -0.143. The molecule has 0 saturated carbocycles. The second-order valence-electron chi connectivity index (χ2n) is 7.26. The fraction of sp³-hybridized carbons (Fsp3) is 0.286. The highest BCUT2D eigenvalue weighted by molar-refractivity contribution is 5.96. The van der Waals surface area contributed by atoms with Crippen molar-refractivity contribution in [3.8, 4) is 5.88 Å². The van der Waals surface area contributed by atoms with Crippen LogP contribution in [0.2, 0.25) is 0 Å². The Labute approximate surface area is 181 Å². The fourth-order valence-electron chi connectivity index (χ4n) is 3.41. The summed E-state index contributed by atoms with van der Waals surface area (Å²) in [7, 11) is 0. The number of aromatic amines is 1. The zero-order valence-corrected chi connectivity index (χ0v) is 16.8. The topological polar surface area (TPSA) is 138 Å². The molecule has 0 spiro atoms.